The van der Waals surface area contributed by atoms with Crippen molar-refractivity contribution in [2.75, 3.05) is 11.5 Å². The van der Waals surface area contributed by atoms with Crippen molar-refractivity contribution in [3.05, 3.63) is 59.7 Å². The lowest BCUT2D eigenvalue weighted by Crippen LogP contribution is -2.38. The number of ketones is 1. The first-order valence-corrected chi connectivity index (χ1v) is 7.29. The first-order valence-electron chi connectivity index (χ1n) is 7.29. The van der Waals surface area contributed by atoms with Crippen LogP contribution in [0.25, 0.3) is 0 Å². The van der Waals surface area contributed by atoms with Crippen molar-refractivity contribution in [1.29, 1.82) is 0 Å². The van der Waals surface area contributed by atoms with Crippen LogP contribution in [0.4, 0.5) is 37.7 Å². The number of hydrogen-bond acceptors (Lipinski definition) is 3. The van der Waals surface area contributed by atoms with Crippen LogP contribution in [0.5, 0.6) is 0 Å². The Balaban J connectivity index is 2.60. The molecule has 0 aromatic heterocycles. The summed E-state index contributed by atoms with van der Waals surface area (Å²) in [6, 6.07) is 8.31. The Morgan fingerprint density at radius 1 is 0.731 bits per heavy atom. The minimum absolute atomic E-state index is 0.0999. The van der Waals surface area contributed by atoms with E-state index in [0.29, 0.717) is 0 Å². The number of hydrogen-bond donors (Lipinski definition) is 2. The molecule has 140 valence electrons. The molecule has 9 heteroatoms. The summed E-state index contributed by atoms with van der Waals surface area (Å²) in [7, 11) is 0. The Morgan fingerprint density at radius 2 is 1.08 bits per heavy atom. The van der Waals surface area contributed by atoms with E-state index in [4.69, 9.17) is 11.5 Å². The SMILES string of the molecule is Nc1cccc(C(C(=O)C(c2cccc(N)c2)C(F)(F)F)C(F)(F)F)c1. The highest BCUT2D eigenvalue weighted by Gasteiger charge is 2.55. The summed E-state index contributed by atoms with van der Waals surface area (Å²) >= 11 is 0. The van der Waals surface area contributed by atoms with Crippen LogP contribution in [0.15, 0.2) is 48.5 Å². The molecule has 2 unspecified atom stereocenters. The van der Waals surface area contributed by atoms with Gasteiger partial charge in [-0.2, -0.15) is 26.3 Å². The Bertz CT molecular complexity index is 735. The zero-order valence-electron chi connectivity index (χ0n) is 13.1. The summed E-state index contributed by atoms with van der Waals surface area (Å²) in [4.78, 5) is 12.4. The van der Waals surface area contributed by atoms with Gasteiger partial charge in [0.25, 0.3) is 0 Å². The molecule has 0 amide bonds. The van der Waals surface area contributed by atoms with E-state index in [1.54, 1.807) is 0 Å². The van der Waals surface area contributed by atoms with Crippen molar-refractivity contribution >= 4 is 17.2 Å². The third-order valence-electron chi connectivity index (χ3n) is 3.71. The predicted octanol–water partition coefficient (Wildman–Crippen LogP) is 4.41. The van der Waals surface area contributed by atoms with Gasteiger partial charge >= 0.3 is 12.4 Å². The smallest absolute Gasteiger partial charge is 0.399 e. The Morgan fingerprint density at radius 3 is 1.35 bits per heavy atom. The maximum atomic E-state index is 13.5. The number of anilines is 2. The summed E-state index contributed by atoms with van der Waals surface area (Å²) in [5.41, 5.74) is 9.33. The molecule has 2 aromatic carbocycles. The van der Waals surface area contributed by atoms with Crippen molar-refractivity contribution in [2.24, 2.45) is 0 Å². The van der Waals surface area contributed by atoms with Gasteiger partial charge in [0, 0.05) is 11.4 Å². The lowest BCUT2D eigenvalue weighted by Gasteiger charge is -2.26. The van der Waals surface area contributed by atoms with Crippen LogP contribution < -0.4 is 11.5 Å². The lowest BCUT2D eigenvalue weighted by molar-refractivity contribution is -0.183. The van der Waals surface area contributed by atoms with E-state index in [0.717, 1.165) is 36.4 Å². The second-order valence-corrected chi connectivity index (χ2v) is 5.69. The minimum Gasteiger partial charge on any atom is -0.399 e. The van der Waals surface area contributed by atoms with Gasteiger partial charge in [0.15, 0.2) is 5.78 Å². The highest BCUT2D eigenvalue weighted by molar-refractivity contribution is 5.93. The maximum Gasteiger partial charge on any atom is 0.402 e. The highest BCUT2D eigenvalue weighted by Crippen LogP contribution is 2.45. The van der Waals surface area contributed by atoms with Crippen LogP contribution in [-0.4, -0.2) is 18.1 Å². The Kier molecular flexibility index (Phi) is 5.20. The second kappa shape index (κ2) is 6.89. The molecule has 26 heavy (non-hydrogen) atoms. The summed E-state index contributed by atoms with van der Waals surface area (Å²) in [5.74, 6) is -7.99. The fraction of sp³-hybridized carbons (Fsp3) is 0.235. The molecule has 0 heterocycles. The van der Waals surface area contributed by atoms with E-state index < -0.39 is 41.1 Å². The fourth-order valence-corrected chi connectivity index (χ4v) is 2.67. The molecule has 0 aliphatic carbocycles. The molecular formula is C17H14F6N2O. The van der Waals surface area contributed by atoms with E-state index in [1.165, 1.54) is 12.1 Å². The van der Waals surface area contributed by atoms with Gasteiger partial charge in [0.05, 0.1) is 0 Å². The molecule has 2 atom stereocenters. The molecule has 4 N–H and O–H groups in total. The Labute approximate surface area is 144 Å². The van der Waals surface area contributed by atoms with E-state index in [-0.39, 0.29) is 11.4 Å². The zero-order valence-corrected chi connectivity index (χ0v) is 13.1. The van der Waals surface area contributed by atoms with Gasteiger partial charge in [-0.05, 0) is 35.4 Å². The molecular weight excluding hydrogens is 362 g/mol. The first kappa shape index (κ1) is 19.6. The van der Waals surface area contributed by atoms with Gasteiger partial charge in [0.2, 0.25) is 0 Å². The average Bonchev–Trinajstić information content (AvgIpc) is 2.44. The summed E-state index contributed by atoms with van der Waals surface area (Å²) in [6.07, 6.45) is -10.5. The molecule has 0 saturated carbocycles. The normalized spacial score (nSPS) is 14.7. The minimum atomic E-state index is -5.23. The van der Waals surface area contributed by atoms with Gasteiger partial charge < -0.3 is 11.5 Å². The number of carbonyl (C=O) groups excluding carboxylic acids is 1. The monoisotopic (exact) mass is 376 g/mol. The van der Waals surface area contributed by atoms with Crippen LogP contribution in [0.2, 0.25) is 0 Å². The van der Waals surface area contributed by atoms with Crippen LogP contribution in [0.1, 0.15) is 23.0 Å². The zero-order chi connectivity index (χ0) is 19.7. The molecule has 0 radical (unpaired) electrons. The third kappa shape index (κ3) is 4.27. The first-order chi connectivity index (χ1) is 11.9. The number of rotatable bonds is 4. The van der Waals surface area contributed by atoms with Crippen molar-refractivity contribution in [3.8, 4) is 0 Å². The van der Waals surface area contributed by atoms with Crippen LogP contribution in [0.3, 0.4) is 0 Å². The van der Waals surface area contributed by atoms with Crippen molar-refractivity contribution in [2.45, 2.75) is 24.2 Å². The van der Waals surface area contributed by atoms with Crippen molar-refractivity contribution in [3.63, 3.8) is 0 Å². The van der Waals surface area contributed by atoms with E-state index in [1.807, 2.05) is 0 Å². The summed E-state index contributed by atoms with van der Waals surface area (Å²) in [5, 5.41) is 0. The van der Waals surface area contributed by atoms with Gasteiger partial charge in [0.1, 0.15) is 11.8 Å². The fourth-order valence-electron chi connectivity index (χ4n) is 2.67. The molecule has 0 aliphatic rings. The van der Waals surface area contributed by atoms with Gasteiger partial charge in [-0.1, -0.05) is 24.3 Å². The summed E-state index contributed by atoms with van der Waals surface area (Å²) < 4.78 is 80.9. The molecule has 0 aliphatic heterocycles. The second-order valence-electron chi connectivity index (χ2n) is 5.69. The van der Waals surface area contributed by atoms with E-state index in [9.17, 15) is 31.1 Å². The number of Topliss-reactive ketones (excluding diaryl/α,β-unsaturated/α-hetero) is 1. The topological polar surface area (TPSA) is 69.1 Å². The van der Waals surface area contributed by atoms with Crippen molar-refractivity contribution in [1.82, 2.24) is 0 Å². The standard InChI is InChI=1S/C17H14F6N2O/c18-16(19,20)13(9-3-1-5-11(24)7-9)15(26)14(17(21,22)23)10-4-2-6-12(25)8-10/h1-8,13-14H,24-25H2. The lowest BCUT2D eigenvalue weighted by atomic mass is 9.82. The van der Waals surface area contributed by atoms with E-state index >= 15 is 0 Å². The van der Waals surface area contributed by atoms with Gasteiger partial charge in [-0.25, -0.2) is 0 Å². The third-order valence-corrected chi connectivity index (χ3v) is 3.71. The Hall–Kier alpha value is -2.71. The molecule has 2 aromatic rings. The molecule has 0 bridgehead atoms. The van der Waals surface area contributed by atoms with Gasteiger partial charge in [-0.3, -0.25) is 4.79 Å². The predicted molar refractivity (Wildman–Crippen MR) is 84.3 cm³/mol. The number of carbonyl (C=O) groups is 1. The van der Waals surface area contributed by atoms with Crippen molar-refractivity contribution < 1.29 is 31.1 Å². The number of nitrogen functional groups attached to an aromatic ring is 2. The number of benzene rings is 2. The van der Waals surface area contributed by atoms with Crippen LogP contribution in [0, 0.1) is 0 Å². The number of halogens is 6. The molecule has 0 spiro atoms. The molecule has 0 fully saturated rings. The molecule has 3 nitrogen and oxygen atoms in total. The largest absolute Gasteiger partial charge is 0.402 e. The number of alkyl halides is 6. The maximum absolute atomic E-state index is 13.5. The molecule has 0 saturated heterocycles. The number of nitrogens with two attached hydrogens (primary N) is 2. The molecule has 2 rings (SSSR count). The van der Waals surface area contributed by atoms with E-state index in [2.05, 4.69) is 0 Å². The summed E-state index contributed by atoms with van der Waals surface area (Å²) in [6.45, 7) is 0. The van der Waals surface area contributed by atoms with Crippen LogP contribution in [-0.2, 0) is 4.79 Å². The average molecular weight is 376 g/mol. The highest BCUT2D eigenvalue weighted by atomic mass is 19.4. The van der Waals surface area contributed by atoms with Crippen LogP contribution >= 0.6 is 0 Å². The van der Waals surface area contributed by atoms with Gasteiger partial charge in [-0.15, -0.1) is 0 Å². The quantitative estimate of drug-likeness (QED) is 0.613.